The second kappa shape index (κ2) is 3.06. The minimum Gasteiger partial charge on any atom is -0.388 e. The van der Waals surface area contributed by atoms with Crippen LogP contribution in [0.4, 0.5) is 13.2 Å². The number of ether oxygens (including phenoxy) is 1. The minimum absolute atomic E-state index is 0.431. The van der Waals surface area contributed by atoms with Crippen LogP contribution in [0, 0.1) is 5.92 Å². The molecule has 3 nitrogen and oxygen atoms in total. The van der Waals surface area contributed by atoms with Gasteiger partial charge in [-0.2, -0.15) is 13.2 Å². The van der Waals surface area contributed by atoms with Crippen molar-refractivity contribution in [3.8, 4) is 0 Å². The third kappa shape index (κ3) is 1.11. The highest BCUT2D eigenvalue weighted by molar-refractivity contribution is 5.94. The molecule has 1 saturated heterocycles. The molecule has 18 heavy (non-hydrogen) atoms. The normalized spacial score (nSPS) is 36.1. The monoisotopic (exact) mass is 255 g/mol. The number of halogens is 3. The third-order valence-electron chi connectivity index (χ3n) is 3.76. The van der Waals surface area contributed by atoms with Gasteiger partial charge in [0.05, 0.1) is 12.0 Å². The van der Waals surface area contributed by atoms with Crippen molar-refractivity contribution in [1.29, 1.82) is 0 Å². The molecule has 6 heteroatoms. The molecule has 2 bridgehead atoms. The smallest absolute Gasteiger partial charge is 0.388 e. The molecule has 0 aromatic heterocycles. The largest absolute Gasteiger partial charge is 0.433 e. The van der Waals surface area contributed by atoms with E-state index in [0.717, 1.165) is 11.1 Å². The number of benzene rings is 1. The molecule has 1 fully saturated rings. The SMILES string of the molecule is FC(F)(F)C1=NOC2C3OC(c4ccccc43)C12. The zero-order chi connectivity index (χ0) is 12.5. The number of nitrogens with zero attached hydrogens (tertiary/aromatic N) is 1. The van der Waals surface area contributed by atoms with Crippen LogP contribution in [-0.4, -0.2) is 18.0 Å². The van der Waals surface area contributed by atoms with Crippen molar-refractivity contribution in [1.82, 2.24) is 0 Å². The zero-order valence-corrected chi connectivity index (χ0v) is 9.02. The van der Waals surface area contributed by atoms with Gasteiger partial charge in [0.25, 0.3) is 0 Å². The topological polar surface area (TPSA) is 30.8 Å². The standard InChI is InChI=1S/C12H8F3NO2/c13-12(14,15)11-7-8-5-3-1-2-4-6(5)9(17-8)10(7)18-16-11/h1-4,7-10H. The lowest BCUT2D eigenvalue weighted by molar-refractivity contribution is -0.0651. The lowest BCUT2D eigenvalue weighted by atomic mass is 9.79. The van der Waals surface area contributed by atoms with Gasteiger partial charge in [-0.15, -0.1) is 0 Å². The van der Waals surface area contributed by atoms with E-state index in [1.165, 1.54) is 0 Å². The first-order valence-corrected chi connectivity index (χ1v) is 5.62. The van der Waals surface area contributed by atoms with Gasteiger partial charge in [0.2, 0.25) is 0 Å². The van der Waals surface area contributed by atoms with Gasteiger partial charge in [0, 0.05) is 0 Å². The van der Waals surface area contributed by atoms with Crippen molar-refractivity contribution in [3.63, 3.8) is 0 Å². The van der Waals surface area contributed by atoms with Crippen molar-refractivity contribution in [2.75, 3.05) is 0 Å². The highest BCUT2D eigenvalue weighted by atomic mass is 19.4. The van der Waals surface area contributed by atoms with Crippen molar-refractivity contribution < 1.29 is 22.7 Å². The summed E-state index contributed by atoms with van der Waals surface area (Å²) in [6, 6.07) is 7.32. The molecule has 4 atom stereocenters. The number of rotatable bonds is 0. The summed E-state index contributed by atoms with van der Waals surface area (Å²) < 4.78 is 44.1. The van der Waals surface area contributed by atoms with E-state index < -0.39 is 36.1 Å². The Labute approximate surface area is 100 Å². The van der Waals surface area contributed by atoms with Crippen LogP contribution in [0.5, 0.6) is 0 Å². The Morgan fingerprint density at radius 1 is 1.06 bits per heavy atom. The van der Waals surface area contributed by atoms with Gasteiger partial charge in [-0.25, -0.2) is 0 Å². The van der Waals surface area contributed by atoms with Crippen LogP contribution in [0.3, 0.4) is 0 Å². The predicted molar refractivity (Wildman–Crippen MR) is 54.9 cm³/mol. The molecule has 94 valence electrons. The molecular weight excluding hydrogens is 247 g/mol. The Balaban J connectivity index is 1.80. The molecule has 4 rings (SSSR count). The average Bonchev–Trinajstić information content (AvgIpc) is 2.97. The van der Waals surface area contributed by atoms with Gasteiger partial charge in [0.15, 0.2) is 11.8 Å². The van der Waals surface area contributed by atoms with E-state index in [-0.39, 0.29) is 0 Å². The fourth-order valence-electron chi connectivity index (χ4n) is 3.07. The molecule has 0 aliphatic carbocycles. The summed E-state index contributed by atoms with van der Waals surface area (Å²) in [6.07, 6.45) is -6.11. The summed E-state index contributed by atoms with van der Waals surface area (Å²) >= 11 is 0. The molecule has 0 N–H and O–H groups in total. The van der Waals surface area contributed by atoms with Crippen LogP contribution in [0.1, 0.15) is 23.3 Å². The molecule has 0 spiro atoms. The van der Waals surface area contributed by atoms with Crippen LogP contribution in [0.2, 0.25) is 0 Å². The molecule has 3 aliphatic rings. The number of alkyl halides is 3. The molecule has 0 amide bonds. The fourth-order valence-corrected chi connectivity index (χ4v) is 3.07. The first kappa shape index (κ1) is 10.4. The fraction of sp³-hybridized carbons (Fsp3) is 0.417. The molecule has 3 heterocycles. The van der Waals surface area contributed by atoms with Gasteiger partial charge < -0.3 is 9.57 Å². The van der Waals surface area contributed by atoms with E-state index in [9.17, 15) is 13.2 Å². The van der Waals surface area contributed by atoms with E-state index in [4.69, 9.17) is 9.57 Å². The summed E-state index contributed by atoms with van der Waals surface area (Å²) in [6.45, 7) is 0. The van der Waals surface area contributed by atoms with Crippen molar-refractivity contribution in [2.45, 2.75) is 24.5 Å². The molecule has 4 unspecified atom stereocenters. The maximum Gasteiger partial charge on any atom is 0.433 e. The summed E-state index contributed by atoms with van der Waals surface area (Å²) in [5.74, 6) is -0.829. The maximum atomic E-state index is 12.8. The number of hydrogen-bond donors (Lipinski definition) is 0. The minimum atomic E-state index is -4.46. The summed E-state index contributed by atoms with van der Waals surface area (Å²) in [5, 5.41) is 3.23. The second-order valence-corrected chi connectivity index (χ2v) is 4.68. The van der Waals surface area contributed by atoms with Crippen molar-refractivity contribution >= 4 is 5.71 Å². The van der Waals surface area contributed by atoms with Gasteiger partial charge in [-0.05, 0) is 11.1 Å². The average molecular weight is 255 g/mol. The molecular formula is C12H8F3NO2. The van der Waals surface area contributed by atoms with E-state index in [0.29, 0.717) is 0 Å². The van der Waals surface area contributed by atoms with Crippen molar-refractivity contribution in [3.05, 3.63) is 35.4 Å². The van der Waals surface area contributed by atoms with Crippen LogP contribution in [0.25, 0.3) is 0 Å². The number of fused-ring (bicyclic) bond motifs is 8. The summed E-state index contributed by atoms with van der Waals surface area (Å²) in [4.78, 5) is 4.95. The van der Waals surface area contributed by atoms with Gasteiger partial charge in [-0.1, -0.05) is 29.4 Å². The van der Waals surface area contributed by atoms with E-state index in [2.05, 4.69) is 5.16 Å². The number of oxime groups is 1. The van der Waals surface area contributed by atoms with E-state index in [1.807, 2.05) is 18.2 Å². The maximum absolute atomic E-state index is 12.8. The quantitative estimate of drug-likeness (QED) is 0.713. The van der Waals surface area contributed by atoms with Crippen LogP contribution >= 0.6 is 0 Å². The van der Waals surface area contributed by atoms with Gasteiger partial charge >= 0.3 is 6.18 Å². The molecule has 1 aromatic rings. The molecule has 1 aromatic carbocycles. The lowest BCUT2D eigenvalue weighted by Crippen LogP contribution is -2.36. The van der Waals surface area contributed by atoms with E-state index in [1.54, 1.807) is 6.07 Å². The Kier molecular flexibility index (Phi) is 1.76. The summed E-state index contributed by atoms with van der Waals surface area (Å²) in [7, 11) is 0. The van der Waals surface area contributed by atoms with Gasteiger partial charge in [0.1, 0.15) is 6.10 Å². The Morgan fingerprint density at radius 3 is 2.39 bits per heavy atom. The van der Waals surface area contributed by atoms with Crippen LogP contribution in [0.15, 0.2) is 29.4 Å². The highest BCUT2D eigenvalue weighted by Gasteiger charge is 2.63. The molecule has 3 aliphatic heterocycles. The molecule has 0 radical (unpaired) electrons. The van der Waals surface area contributed by atoms with Gasteiger partial charge in [-0.3, -0.25) is 0 Å². The third-order valence-corrected chi connectivity index (χ3v) is 3.76. The van der Waals surface area contributed by atoms with Crippen LogP contribution in [-0.2, 0) is 9.57 Å². The lowest BCUT2D eigenvalue weighted by Gasteiger charge is -2.22. The van der Waals surface area contributed by atoms with Crippen molar-refractivity contribution in [2.24, 2.45) is 11.1 Å². The second-order valence-electron chi connectivity index (χ2n) is 4.68. The van der Waals surface area contributed by atoms with Crippen LogP contribution < -0.4 is 0 Å². The highest BCUT2D eigenvalue weighted by Crippen LogP contribution is 2.58. The summed E-state index contributed by atoms with van der Waals surface area (Å²) in [5.41, 5.74) is 0.892. The zero-order valence-electron chi connectivity index (χ0n) is 9.02. The Hall–Kier alpha value is -1.56. The van der Waals surface area contributed by atoms with E-state index >= 15 is 0 Å². The predicted octanol–water partition coefficient (Wildman–Crippen LogP) is 2.75. The first-order chi connectivity index (χ1) is 8.57. The Morgan fingerprint density at radius 2 is 1.72 bits per heavy atom. The number of hydrogen-bond acceptors (Lipinski definition) is 3. The first-order valence-electron chi connectivity index (χ1n) is 5.62. The Bertz CT molecular complexity index is 554. The molecule has 0 saturated carbocycles.